The van der Waals surface area contributed by atoms with Crippen LogP contribution in [0.1, 0.15) is 30.1 Å². The van der Waals surface area contributed by atoms with Gasteiger partial charge in [-0.15, -0.1) is 0 Å². The first-order valence-electron chi connectivity index (χ1n) is 5.92. The molecular weight excluding hydrogens is 245 g/mol. The molecule has 2 rings (SSSR count). The Morgan fingerprint density at radius 1 is 1.33 bits per heavy atom. The van der Waals surface area contributed by atoms with Gasteiger partial charge in [-0.25, -0.2) is 0 Å². The van der Waals surface area contributed by atoms with Crippen LogP contribution < -0.4 is 0 Å². The quantitative estimate of drug-likeness (QED) is 0.885. The van der Waals surface area contributed by atoms with Crippen LogP contribution in [0.5, 0.6) is 0 Å². The topological polar surface area (TPSA) is 29.5 Å². The number of halogens is 3. The van der Waals surface area contributed by atoms with Crippen molar-refractivity contribution in [1.29, 1.82) is 0 Å². The summed E-state index contributed by atoms with van der Waals surface area (Å²) in [6, 6.07) is 5.15. The van der Waals surface area contributed by atoms with Gasteiger partial charge in [0.05, 0.1) is 11.7 Å². The third kappa shape index (κ3) is 2.84. The van der Waals surface area contributed by atoms with Crippen LogP contribution in [0.2, 0.25) is 0 Å². The van der Waals surface area contributed by atoms with E-state index in [1.165, 1.54) is 6.07 Å². The van der Waals surface area contributed by atoms with Crippen LogP contribution in [0.25, 0.3) is 0 Å². The van der Waals surface area contributed by atoms with Crippen LogP contribution in [-0.4, -0.2) is 18.3 Å². The first-order chi connectivity index (χ1) is 8.52. The third-order valence-corrected chi connectivity index (χ3v) is 3.22. The normalized spacial score (nSPS) is 25.1. The van der Waals surface area contributed by atoms with Crippen LogP contribution in [0.3, 0.4) is 0 Å². The van der Waals surface area contributed by atoms with Gasteiger partial charge in [-0.3, -0.25) is 0 Å². The largest absolute Gasteiger partial charge is 0.416 e. The zero-order valence-electron chi connectivity index (χ0n) is 9.78. The Hall–Kier alpha value is -1.07. The number of rotatable bonds is 2. The molecule has 0 bridgehead atoms. The zero-order valence-corrected chi connectivity index (χ0v) is 9.78. The maximum atomic E-state index is 12.6. The second-order valence-electron chi connectivity index (χ2n) is 4.50. The van der Waals surface area contributed by atoms with Gasteiger partial charge in [0.2, 0.25) is 0 Å². The lowest BCUT2D eigenvalue weighted by Gasteiger charge is -2.31. The van der Waals surface area contributed by atoms with Gasteiger partial charge in [-0.1, -0.05) is 12.1 Å². The molecule has 1 N–H and O–H groups in total. The molecule has 1 saturated heterocycles. The number of alkyl halides is 3. The summed E-state index contributed by atoms with van der Waals surface area (Å²) >= 11 is 0. The molecule has 1 aromatic carbocycles. The van der Waals surface area contributed by atoms with Crippen LogP contribution in [0.4, 0.5) is 13.2 Å². The molecule has 1 aromatic rings. The van der Waals surface area contributed by atoms with Gasteiger partial charge in [-0.2, -0.15) is 13.2 Å². The number of ether oxygens (including phenoxy) is 1. The molecule has 0 amide bonds. The molecule has 5 heteroatoms. The highest BCUT2D eigenvalue weighted by atomic mass is 19.4. The summed E-state index contributed by atoms with van der Waals surface area (Å²) in [4.78, 5) is 0. The van der Waals surface area contributed by atoms with E-state index in [0.29, 0.717) is 12.2 Å². The SMILES string of the molecule is OCC1CCCOC1c1cccc(C(F)(F)F)c1. The zero-order chi connectivity index (χ0) is 13.2. The molecule has 2 atom stereocenters. The summed E-state index contributed by atoms with van der Waals surface area (Å²) in [7, 11) is 0. The lowest BCUT2D eigenvalue weighted by molar-refractivity contribution is -0.137. The van der Waals surface area contributed by atoms with Crippen molar-refractivity contribution in [2.45, 2.75) is 25.1 Å². The van der Waals surface area contributed by atoms with Crippen LogP contribution in [0, 0.1) is 5.92 Å². The Morgan fingerprint density at radius 2 is 2.11 bits per heavy atom. The van der Waals surface area contributed by atoms with Gasteiger partial charge in [0.1, 0.15) is 0 Å². The average molecular weight is 260 g/mol. The van der Waals surface area contributed by atoms with Crippen molar-refractivity contribution in [1.82, 2.24) is 0 Å². The summed E-state index contributed by atoms with van der Waals surface area (Å²) in [5, 5.41) is 9.25. The molecule has 0 saturated carbocycles. The van der Waals surface area contributed by atoms with E-state index < -0.39 is 17.8 Å². The Morgan fingerprint density at radius 3 is 2.78 bits per heavy atom. The highest BCUT2D eigenvalue weighted by Crippen LogP contribution is 2.36. The van der Waals surface area contributed by atoms with E-state index in [9.17, 15) is 18.3 Å². The van der Waals surface area contributed by atoms with E-state index in [1.54, 1.807) is 6.07 Å². The second kappa shape index (κ2) is 5.28. The van der Waals surface area contributed by atoms with Gasteiger partial charge < -0.3 is 9.84 Å². The fourth-order valence-electron chi connectivity index (χ4n) is 2.29. The summed E-state index contributed by atoms with van der Waals surface area (Å²) in [6.45, 7) is 0.457. The molecule has 1 aliphatic rings. The lowest BCUT2D eigenvalue weighted by atomic mass is 9.89. The minimum absolute atomic E-state index is 0.0685. The minimum Gasteiger partial charge on any atom is -0.396 e. The molecular formula is C13H15F3O2. The summed E-state index contributed by atoms with van der Waals surface area (Å²) < 4.78 is 43.4. The van der Waals surface area contributed by atoms with E-state index in [4.69, 9.17) is 4.74 Å². The monoisotopic (exact) mass is 260 g/mol. The molecule has 1 aliphatic heterocycles. The first-order valence-corrected chi connectivity index (χ1v) is 5.92. The molecule has 2 nitrogen and oxygen atoms in total. The number of benzene rings is 1. The van der Waals surface area contributed by atoms with Crippen molar-refractivity contribution in [3.8, 4) is 0 Å². The Kier molecular flexibility index (Phi) is 3.92. The molecule has 0 radical (unpaired) electrons. The van der Waals surface area contributed by atoms with Crippen molar-refractivity contribution < 1.29 is 23.0 Å². The summed E-state index contributed by atoms with van der Waals surface area (Å²) in [6.07, 6.45) is -3.18. The van der Waals surface area contributed by atoms with Crippen molar-refractivity contribution in [2.75, 3.05) is 13.2 Å². The second-order valence-corrected chi connectivity index (χ2v) is 4.50. The van der Waals surface area contributed by atoms with Crippen LogP contribution in [0.15, 0.2) is 24.3 Å². The van der Waals surface area contributed by atoms with Crippen molar-refractivity contribution in [3.05, 3.63) is 35.4 Å². The van der Waals surface area contributed by atoms with E-state index in [2.05, 4.69) is 0 Å². The maximum absolute atomic E-state index is 12.6. The fourth-order valence-corrected chi connectivity index (χ4v) is 2.29. The summed E-state index contributed by atoms with van der Waals surface area (Å²) in [5.74, 6) is -0.123. The molecule has 1 heterocycles. The van der Waals surface area contributed by atoms with E-state index in [-0.39, 0.29) is 12.5 Å². The van der Waals surface area contributed by atoms with Gasteiger partial charge in [0.15, 0.2) is 0 Å². The molecule has 2 unspecified atom stereocenters. The Balaban J connectivity index is 2.27. The first kappa shape index (κ1) is 13.4. The summed E-state index contributed by atoms with van der Waals surface area (Å²) in [5.41, 5.74) is -0.186. The van der Waals surface area contributed by atoms with Gasteiger partial charge in [0, 0.05) is 19.1 Å². The predicted octanol–water partition coefficient (Wildman–Crippen LogP) is 3.17. The lowest BCUT2D eigenvalue weighted by Crippen LogP contribution is -2.25. The molecule has 0 aromatic heterocycles. The Bertz CT molecular complexity index is 403. The van der Waals surface area contributed by atoms with Crippen molar-refractivity contribution in [3.63, 3.8) is 0 Å². The van der Waals surface area contributed by atoms with Crippen molar-refractivity contribution >= 4 is 0 Å². The third-order valence-electron chi connectivity index (χ3n) is 3.22. The van der Waals surface area contributed by atoms with E-state index in [0.717, 1.165) is 25.0 Å². The molecule has 100 valence electrons. The smallest absolute Gasteiger partial charge is 0.396 e. The van der Waals surface area contributed by atoms with Gasteiger partial charge in [-0.05, 0) is 30.5 Å². The number of hydrogen-bond donors (Lipinski definition) is 1. The number of aliphatic hydroxyl groups excluding tert-OH is 1. The van der Waals surface area contributed by atoms with Crippen molar-refractivity contribution in [2.24, 2.45) is 5.92 Å². The standard InChI is InChI=1S/C13H15F3O2/c14-13(15,16)11-5-1-3-9(7-11)12-10(8-17)4-2-6-18-12/h1,3,5,7,10,12,17H,2,4,6,8H2. The number of hydrogen-bond acceptors (Lipinski definition) is 2. The molecule has 0 aliphatic carbocycles. The average Bonchev–Trinajstić information content (AvgIpc) is 2.38. The predicted molar refractivity (Wildman–Crippen MR) is 59.9 cm³/mol. The minimum atomic E-state index is -4.35. The highest BCUT2D eigenvalue weighted by Gasteiger charge is 2.33. The molecule has 0 spiro atoms. The number of aliphatic hydroxyl groups is 1. The van der Waals surface area contributed by atoms with Gasteiger partial charge in [0.25, 0.3) is 0 Å². The van der Waals surface area contributed by atoms with Crippen LogP contribution in [-0.2, 0) is 10.9 Å². The van der Waals surface area contributed by atoms with E-state index >= 15 is 0 Å². The van der Waals surface area contributed by atoms with E-state index in [1.807, 2.05) is 0 Å². The van der Waals surface area contributed by atoms with Crippen LogP contribution >= 0.6 is 0 Å². The fraction of sp³-hybridized carbons (Fsp3) is 0.538. The maximum Gasteiger partial charge on any atom is 0.416 e. The molecule has 18 heavy (non-hydrogen) atoms. The molecule has 1 fully saturated rings. The Labute approximate surface area is 103 Å². The van der Waals surface area contributed by atoms with Gasteiger partial charge >= 0.3 is 6.18 Å². The highest BCUT2D eigenvalue weighted by molar-refractivity contribution is 5.28.